The zero-order chi connectivity index (χ0) is 30.9. The van der Waals surface area contributed by atoms with Gasteiger partial charge in [-0.05, 0) is 75.6 Å². The van der Waals surface area contributed by atoms with Gasteiger partial charge in [-0.15, -0.1) is 0 Å². The van der Waals surface area contributed by atoms with Gasteiger partial charge >= 0.3 is 0 Å². The Kier molecular flexibility index (Phi) is 11.0. The summed E-state index contributed by atoms with van der Waals surface area (Å²) in [6.07, 6.45) is 0.841. The van der Waals surface area contributed by atoms with E-state index in [4.69, 9.17) is 9.47 Å². The first-order chi connectivity index (χ1) is 19.9. The molecule has 1 N–H and O–H groups in total. The lowest BCUT2D eigenvalue weighted by atomic mass is 10.1. The summed E-state index contributed by atoms with van der Waals surface area (Å²) in [7, 11) is -1.31. The molecule has 9 nitrogen and oxygen atoms in total. The average Bonchev–Trinajstić information content (AvgIpc) is 2.97. The molecule has 0 bridgehead atoms. The van der Waals surface area contributed by atoms with E-state index in [1.165, 1.54) is 31.3 Å². The molecule has 226 valence electrons. The molecule has 0 spiro atoms. The van der Waals surface area contributed by atoms with Crippen molar-refractivity contribution in [1.29, 1.82) is 0 Å². The Morgan fingerprint density at radius 2 is 1.50 bits per heavy atom. The van der Waals surface area contributed by atoms with Gasteiger partial charge in [0.15, 0.2) is 0 Å². The van der Waals surface area contributed by atoms with Crippen molar-refractivity contribution in [3.8, 4) is 11.5 Å². The molecule has 0 fully saturated rings. The molecule has 0 saturated carbocycles. The number of para-hydroxylation sites is 2. The number of carbonyl (C=O) groups excluding carboxylic acids is 2. The molecule has 3 rings (SSSR count). The number of benzene rings is 3. The van der Waals surface area contributed by atoms with Crippen LogP contribution in [0.2, 0.25) is 0 Å². The predicted molar refractivity (Wildman–Crippen MR) is 164 cm³/mol. The quantitative estimate of drug-likeness (QED) is 0.308. The highest BCUT2D eigenvalue weighted by atomic mass is 32.2. The first-order valence-corrected chi connectivity index (χ1v) is 15.3. The molecule has 3 aromatic carbocycles. The molecule has 3 aromatic rings. The van der Waals surface area contributed by atoms with E-state index in [1.807, 2.05) is 58.0 Å². The number of carbonyl (C=O) groups is 2. The van der Waals surface area contributed by atoms with E-state index in [-0.39, 0.29) is 28.8 Å². The SMILES string of the molecule is CC[C@H](C(=O)NC(C)(C)C)N(CCc1ccccc1)C(=O)CN(c1ccccc1OC)S(=O)(=O)c1ccc(OC)cc1. The van der Waals surface area contributed by atoms with Crippen LogP contribution in [0.1, 0.15) is 39.7 Å². The highest BCUT2D eigenvalue weighted by Gasteiger charge is 2.35. The molecule has 0 aliphatic carbocycles. The van der Waals surface area contributed by atoms with Gasteiger partial charge in [-0.2, -0.15) is 0 Å². The molecule has 0 aliphatic heterocycles. The van der Waals surface area contributed by atoms with Crippen molar-refractivity contribution < 1.29 is 27.5 Å². The van der Waals surface area contributed by atoms with Gasteiger partial charge in [0, 0.05) is 12.1 Å². The van der Waals surface area contributed by atoms with Crippen LogP contribution in [0.3, 0.4) is 0 Å². The smallest absolute Gasteiger partial charge is 0.264 e. The number of sulfonamides is 1. The standard InChI is InChI=1S/C32H41N3O6S/c1-7-27(31(37)33-32(2,3)4)34(22-21-24-13-9-8-10-14-24)30(36)23-35(28-15-11-12-16-29(28)41-6)42(38,39)26-19-17-25(40-5)18-20-26/h8-20,27H,7,21-23H2,1-6H3,(H,33,37)/t27-/m1/s1. The van der Waals surface area contributed by atoms with Crippen molar-refractivity contribution in [2.24, 2.45) is 0 Å². The second-order valence-electron chi connectivity index (χ2n) is 10.8. The average molecular weight is 596 g/mol. The van der Waals surface area contributed by atoms with E-state index in [2.05, 4.69) is 5.32 Å². The Balaban J connectivity index is 2.06. The van der Waals surface area contributed by atoms with E-state index in [1.54, 1.807) is 36.4 Å². The number of rotatable bonds is 13. The Labute approximate surface area is 249 Å². The topological polar surface area (TPSA) is 105 Å². The van der Waals surface area contributed by atoms with E-state index in [9.17, 15) is 18.0 Å². The second-order valence-corrected chi connectivity index (χ2v) is 12.7. The van der Waals surface area contributed by atoms with E-state index < -0.39 is 34.1 Å². The van der Waals surface area contributed by atoms with Crippen LogP contribution in [0.5, 0.6) is 11.5 Å². The van der Waals surface area contributed by atoms with Crippen LogP contribution in [-0.4, -0.2) is 64.0 Å². The molecule has 10 heteroatoms. The largest absolute Gasteiger partial charge is 0.497 e. The third kappa shape index (κ3) is 8.25. The summed E-state index contributed by atoms with van der Waals surface area (Å²) in [6.45, 7) is 7.14. The van der Waals surface area contributed by atoms with Gasteiger partial charge in [-0.1, -0.05) is 49.4 Å². The van der Waals surface area contributed by atoms with Gasteiger partial charge in [-0.3, -0.25) is 13.9 Å². The van der Waals surface area contributed by atoms with Gasteiger partial charge < -0.3 is 19.7 Å². The molecule has 0 unspecified atom stereocenters. The van der Waals surface area contributed by atoms with Crippen molar-refractivity contribution in [3.63, 3.8) is 0 Å². The van der Waals surface area contributed by atoms with Crippen LogP contribution in [0.4, 0.5) is 5.69 Å². The summed E-state index contributed by atoms with van der Waals surface area (Å²) in [5.74, 6) is -0.0227. The van der Waals surface area contributed by atoms with Crippen LogP contribution < -0.4 is 19.1 Å². The van der Waals surface area contributed by atoms with Crippen LogP contribution in [-0.2, 0) is 26.0 Å². The van der Waals surface area contributed by atoms with E-state index in [0.29, 0.717) is 18.6 Å². The number of ether oxygens (including phenoxy) is 2. The van der Waals surface area contributed by atoms with Crippen molar-refractivity contribution >= 4 is 27.5 Å². The molecule has 0 aromatic heterocycles. The zero-order valence-electron chi connectivity index (χ0n) is 25.2. The molecule has 0 aliphatic rings. The Bertz CT molecular complexity index is 1440. The van der Waals surface area contributed by atoms with Crippen LogP contribution in [0.15, 0.2) is 83.8 Å². The number of hydrogen-bond acceptors (Lipinski definition) is 6. The summed E-state index contributed by atoms with van der Waals surface area (Å²) in [5.41, 5.74) is 0.688. The lowest BCUT2D eigenvalue weighted by Gasteiger charge is -2.35. The normalized spacial score (nSPS) is 12.2. The third-order valence-corrected chi connectivity index (χ3v) is 8.42. The van der Waals surface area contributed by atoms with Crippen molar-refractivity contribution in [3.05, 3.63) is 84.4 Å². The third-order valence-electron chi connectivity index (χ3n) is 6.65. The van der Waals surface area contributed by atoms with Crippen molar-refractivity contribution in [1.82, 2.24) is 10.2 Å². The lowest BCUT2D eigenvalue weighted by Crippen LogP contribution is -2.56. The highest BCUT2D eigenvalue weighted by Crippen LogP contribution is 2.33. The molecule has 0 radical (unpaired) electrons. The van der Waals surface area contributed by atoms with E-state index in [0.717, 1.165) is 9.87 Å². The monoisotopic (exact) mass is 595 g/mol. The van der Waals surface area contributed by atoms with Gasteiger partial charge in [-0.25, -0.2) is 8.42 Å². The van der Waals surface area contributed by atoms with Gasteiger partial charge in [0.1, 0.15) is 24.1 Å². The van der Waals surface area contributed by atoms with Gasteiger partial charge in [0.05, 0.1) is 24.8 Å². The highest BCUT2D eigenvalue weighted by molar-refractivity contribution is 7.92. The van der Waals surface area contributed by atoms with Crippen LogP contribution in [0, 0.1) is 0 Å². The molecular weight excluding hydrogens is 554 g/mol. The van der Waals surface area contributed by atoms with Crippen LogP contribution in [0.25, 0.3) is 0 Å². The Hall–Kier alpha value is -4.05. The van der Waals surface area contributed by atoms with Crippen molar-refractivity contribution in [2.75, 3.05) is 31.6 Å². The summed E-state index contributed by atoms with van der Waals surface area (Å²) < 4.78 is 39.9. The summed E-state index contributed by atoms with van der Waals surface area (Å²) in [6, 6.07) is 21.4. The number of amides is 2. The first-order valence-electron chi connectivity index (χ1n) is 13.9. The molecule has 0 saturated heterocycles. The van der Waals surface area contributed by atoms with Gasteiger partial charge in [0.2, 0.25) is 11.8 Å². The molecule has 2 amide bonds. The Morgan fingerprint density at radius 1 is 0.881 bits per heavy atom. The maximum absolute atomic E-state index is 14.2. The summed E-state index contributed by atoms with van der Waals surface area (Å²) in [4.78, 5) is 29.1. The molecule has 0 heterocycles. The second kappa shape index (κ2) is 14.2. The fraction of sp³-hybridized carbons (Fsp3) is 0.375. The summed E-state index contributed by atoms with van der Waals surface area (Å²) >= 11 is 0. The number of hydrogen-bond donors (Lipinski definition) is 1. The first kappa shape index (κ1) is 32.5. The Morgan fingerprint density at radius 3 is 2.07 bits per heavy atom. The fourth-order valence-electron chi connectivity index (χ4n) is 4.57. The van der Waals surface area contributed by atoms with E-state index >= 15 is 0 Å². The number of methoxy groups -OCH3 is 2. The number of nitrogens with one attached hydrogen (secondary N) is 1. The number of anilines is 1. The lowest BCUT2D eigenvalue weighted by molar-refractivity contribution is -0.140. The zero-order valence-corrected chi connectivity index (χ0v) is 26.0. The maximum Gasteiger partial charge on any atom is 0.264 e. The van der Waals surface area contributed by atoms with Crippen LogP contribution >= 0.6 is 0 Å². The molecular formula is C32H41N3O6S. The fourth-order valence-corrected chi connectivity index (χ4v) is 6.00. The molecule has 42 heavy (non-hydrogen) atoms. The van der Waals surface area contributed by atoms with Gasteiger partial charge in [0.25, 0.3) is 10.0 Å². The van der Waals surface area contributed by atoms with Crippen molar-refractivity contribution in [2.45, 2.75) is 57.0 Å². The minimum absolute atomic E-state index is 0.0182. The molecule has 1 atom stereocenters. The predicted octanol–water partition coefficient (Wildman–Crippen LogP) is 4.66. The minimum Gasteiger partial charge on any atom is -0.497 e. The minimum atomic E-state index is -4.24. The number of nitrogens with zero attached hydrogens (tertiary/aromatic N) is 2. The maximum atomic E-state index is 14.2. The summed E-state index contributed by atoms with van der Waals surface area (Å²) in [5, 5.41) is 2.98.